The Morgan fingerprint density at radius 3 is 2.67 bits per heavy atom. The highest BCUT2D eigenvalue weighted by Crippen LogP contribution is 2.24. The molecule has 0 aromatic heterocycles. The van der Waals surface area contributed by atoms with Gasteiger partial charge in [-0.3, -0.25) is 4.18 Å². The van der Waals surface area contributed by atoms with E-state index >= 15 is 0 Å². The van der Waals surface area contributed by atoms with Gasteiger partial charge in [-0.2, -0.15) is 4.31 Å². The van der Waals surface area contributed by atoms with Crippen LogP contribution in [-0.2, 0) is 25.0 Å². The first-order chi connectivity index (χ1) is 5.52. The minimum absolute atomic E-state index is 0.1000. The van der Waals surface area contributed by atoms with Crippen molar-refractivity contribution < 1.29 is 17.9 Å². The zero-order valence-electron chi connectivity index (χ0n) is 7.20. The lowest BCUT2D eigenvalue weighted by Gasteiger charge is -2.23. The van der Waals surface area contributed by atoms with Crippen molar-refractivity contribution in [3.05, 3.63) is 0 Å². The van der Waals surface area contributed by atoms with E-state index in [0.717, 1.165) is 0 Å². The summed E-state index contributed by atoms with van der Waals surface area (Å²) in [5, 5.41) is 0. The molecule has 70 valence electrons. The summed E-state index contributed by atoms with van der Waals surface area (Å²) in [5.41, 5.74) is -0.917. The third kappa shape index (κ3) is 1.26. The van der Waals surface area contributed by atoms with E-state index in [0.29, 0.717) is 0 Å². The number of likely N-dealkylation sites (N-methyl/N-ethyl adjacent to an activating group) is 1. The summed E-state index contributed by atoms with van der Waals surface area (Å²) in [7, 11) is 2.85. The normalized spacial score (nSPS) is 36.8. The molecule has 0 aromatic carbocycles. The van der Waals surface area contributed by atoms with E-state index in [1.807, 2.05) is 0 Å². The fourth-order valence-electron chi connectivity index (χ4n) is 0.907. The van der Waals surface area contributed by atoms with Crippen LogP contribution in [0.25, 0.3) is 0 Å². The van der Waals surface area contributed by atoms with Gasteiger partial charge in [0.15, 0.2) is 5.54 Å². The lowest BCUT2D eigenvalue weighted by atomic mass is 10.1. The lowest BCUT2D eigenvalue weighted by molar-refractivity contribution is -0.150. The van der Waals surface area contributed by atoms with Crippen molar-refractivity contribution in [2.75, 3.05) is 20.8 Å². The Bertz CT molecular complexity index is 232. The Kier molecular flexibility index (Phi) is 2.50. The summed E-state index contributed by atoms with van der Waals surface area (Å²) in [4.78, 5) is 11.2. The van der Waals surface area contributed by atoms with E-state index in [1.54, 1.807) is 14.0 Å². The summed E-state index contributed by atoms with van der Waals surface area (Å²) in [6, 6.07) is 0. The fourth-order valence-corrected chi connectivity index (χ4v) is 1.85. The zero-order chi connectivity index (χ0) is 9.35. The Morgan fingerprint density at radius 1 is 1.75 bits per heavy atom. The number of esters is 1. The largest absolute Gasteiger partial charge is 0.468 e. The molecule has 1 aliphatic heterocycles. The highest BCUT2D eigenvalue weighted by molar-refractivity contribution is 7.78. The van der Waals surface area contributed by atoms with E-state index in [1.165, 1.54) is 11.4 Å². The number of hydrogen-bond donors (Lipinski definition) is 0. The monoisotopic (exact) mass is 193 g/mol. The second kappa shape index (κ2) is 3.12. The topological polar surface area (TPSA) is 55.8 Å². The molecule has 0 aliphatic carbocycles. The summed E-state index contributed by atoms with van der Waals surface area (Å²) in [6.07, 6.45) is 0. The second-order valence-corrected chi connectivity index (χ2v) is 3.96. The van der Waals surface area contributed by atoms with Crippen molar-refractivity contribution in [3.8, 4) is 0 Å². The SMILES string of the molecule is COC(=O)C1(C)COS(=O)N1C. The molecular formula is C6H11NO4S. The number of methoxy groups -OCH3 is 1. The van der Waals surface area contributed by atoms with Gasteiger partial charge in [-0.05, 0) is 6.92 Å². The molecule has 2 atom stereocenters. The summed E-state index contributed by atoms with van der Waals surface area (Å²) < 4.78 is 21.7. The van der Waals surface area contributed by atoms with Gasteiger partial charge in [0.1, 0.15) is 0 Å². The van der Waals surface area contributed by atoms with Crippen molar-refractivity contribution in [2.24, 2.45) is 0 Å². The van der Waals surface area contributed by atoms with Gasteiger partial charge in [0.05, 0.1) is 13.7 Å². The Balaban J connectivity index is 2.85. The molecule has 0 radical (unpaired) electrons. The van der Waals surface area contributed by atoms with E-state index < -0.39 is 22.8 Å². The highest BCUT2D eigenvalue weighted by atomic mass is 32.2. The van der Waals surface area contributed by atoms with Crippen molar-refractivity contribution in [3.63, 3.8) is 0 Å². The van der Waals surface area contributed by atoms with Crippen LogP contribution in [0.1, 0.15) is 6.92 Å². The summed E-state index contributed by atoms with van der Waals surface area (Å²) in [6.45, 7) is 1.73. The van der Waals surface area contributed by atoms with Crippen LogP contribution in [0.5, 0.6) is 0 Å². The van der Waals surface area contributed by atoms with E-state index in [4.69, 9.17) is 4.18 Å². The Labute approximate surface area is 73.4 Å². The van der Waals surface area contributed by atoms with Crippen LogP contribution in [-0.4, -0.2) is 40.8 Å². The predicted molar refractivity (Wildman–Crippen MR) is 42.3 cm³/mol. The van der Waals surface area contributed by atoms with Gasteiger partial charge in [-0.15, -0.1) is 0 Å². The minimum atomic E-state index is -1.53. The maximum atomic E-state index is 11.2. The van der Waals surface area contributed by atoms with E-state index in [9.17, 15) is 9.00 Å². The average molecular weight is 193 g/mol. The molecule has 0 spiro atoms. The summed E-state index contributed by atoms with van der Waals surface area (Å²) >= 11 is -1.53. The standard InChI is InChI=1S/C6H11NO4S/c1-6(5(8)10-3)4-11-12(9)7(6)2/h4H2,1-3H3. The van der Waals surface area contributed by atoms with E-state index in [2.05, 4.69) is 4.74 Å². The molecule has 0 saturated carbocycles. The molecule has 1 aliphatic rings. The molecule has 1 rings (SSSR count). The van der Waals surface area contributed by atoms with Crippen LogP contribution in [0.2, 0.25) is 0 Å². The third-order valence-corrected chi connectivity index (χ3v) is 3.15. The zero-order valence-corrected chi connectivity index (χ0v) is 8.01. The van der Waals surface area contributed by atoms with Gasteiger partial charge in [-0.1, -0.05) is 0 Å². The van der Waals surface area contributed by atoms with Crippen LogP contribution in [0.3, 0.4) is 0 Å². The van der Waals surface area contributed by atoms with Gasteiger partial charge < -0.3 is 4.74 Å². The second-order valence-electron chi connectivity index (χ2n) is 2.74. The number of carbonyl (C=O) groups is 1. The van der Waals surface area contributed by atoms with Gasteiger partial charge in [0, 0.05) is 7.05 Å². The van der Waals surface area contributed by atoms with Gasteiger partial charge >= 0.3 is 5.97 Å². The maximum absolute atomic E-state index is 11.2. The molecule has 1 heterocycles. The van der Waals surface area contributed by atoms with Gasteiger partial charge in [0.25, 0.3) is 0 Å². The van der Waals surface area contributed by atoms with Crippen molar-refractivity contribution >= 4 is 17.2 Å². The number of rotatable bonds is 1. The number of nitrogens with zero attached hydrogens (tertiary/aromatic N) is 1. The molecule has 12 heavy (non-hydrogen) atoms. The lowest BCUT2D eigenvalue weighted by Crippen LogP contribution is -2.48. The molecule has 5 nitrogen and oxygen atoms in total. The Hall–Kier alpha value is -0.460. The quantitative estimate of drug-likeness (QED) is 0.525. The van der Waals surface area contributed by atoms with Crippen molar-refractivity contribution in [2.45, 2.75) is 12.5 Å². The van der Waals surface area contributed by atoms with Crippen molar-refractivity contribution in [1.82, 2.24) is 4.31 Å². The average Bonchev–Trinajstić information content (AvgIpc) is 2.33. The van der Waals surface area contributed by atoms with Gasteiger partial charge in [-0.25, -0.2) is 9.00 Å². The van der Waals surface area contributed by atoms with E-state index in [-0.39, 0.29) is 6.61 Å². The first kappa shape index (κ1) is 9.63. The maximum Gasteiger partial charge on any atom is 0.329 e. The summed E-state index contributed by atoms with van der Waals surface area (Å²) in [5.74, 6) is -0.434. The highest BCUT2D eigenvalue weighted by Gasteiger charge is 2.48. The molecule has 1 fully saturated rings. The van der Waals surface area contributed by atoms with Crippen molar-refractivity contribution in [1.29, 1.82) is 0 Å². The molecule has 0 N–H and O–H groups in total. The molecule has 1 saturated heterocycles. The van der Waals surface area contributed by atoms with Crippen LogP contribution < -0.4 is 0 Å². The van der Waals surface area contributed by atoms with Crippen LogP contribution in [0.15, 0.2) is 0 Å². The van der Waals surface area contributed by atoms with Crippen LogP contribution in [0.4, 0.5) is 0 Å². The van der Waals surface area contributed by atoms with Crippen LogP contribution >= 0.6 is 0 Å². The predicted octanol–water partition coefficient (Wildman–Crippen LogP) is -0.541. The van der Waals surface area contributed by atoms with Crippen LogP contribution in [0, 0.1) is 0 Å². The van der Waals surface area contributed by atoms with Gasteiger partial charge in [0.2, 0.25) is 11.3 Å². The molecule has 0 bridgehead atoms. The third-order valence-electron chi connectivity index (χ3n) is 1.98. The molecular weight excluding hydrogens is 182 g/mol. The molecule has 2 unspecified atom stereocenters. The molecule has 6 heteroatoms. The molecule has 0 amide bonds. The minimum Gasteiger partial charge on any atom is -0.468 e. The smallest absolute Gasteiger partial charge is 0.329 e. The number of carbonyl (C=O) groups excluding carboxylic acids is 1. The first-order valence-electron chi connectivity index (χ1n) is 3.40. The molecule has 0 aromatic rings. The Morgan fingerprint density at radius 2 is 2.33 bits per heavy atom. The first-order valence-corrected chi connectivity index (χ1v) is 4.43. The number of ether oxygens (including phenoxy) is 1. The fraction of sp³-hybridized carbons (Fsp3) is 0.833. The number of hydrogen-bond acceptors (Lipinski definition) is 4.